The Morgan fingerprint density at radius 3 is 2.50 bits per heavy atom. The average molecular weight is 499 g/mol. The van der Waals surface area contributed by atoms with Gasteiger partial charge < -0.3 is 5.32 Å². The second-order valence-corrected chi connectivity index (χ2v) is 13.3. The zero-order valence-electron chi connectivity index (χ0n) is 18.8. The molecule has 3 fully saturated rings. The third kappa shape index (κ3) is 3.89. The van der Waals surface area contributed by atoms with Gasteiger partial charge in [-0.05, 0) is 86.3 Å². The number of hydrogen-bond acceptors (Lipinski definition) is 6. The maximum Gasteiger partial charge on any atom is 0.184 e. The van der Waals surface area contributed by atoms with Crippen molar-refractivity contribution in [3.63, 3.8) is 0 Å². The van der Waals surface area contributed by atoms with Gasteiger partial charge in [0, 0.05) is 11.5 Å². The fourth-order valence-electron chi connectivity index (χ4n) is 5.90. The molecule has 2 aliphatic carbocycles. The first-order valence-electron chi connectivity index (χ1n) is 12.0. The first-order valence-corrected chi connectivity index (χ1v) is 14.4. The van der Waals surface area contributed by atoms with Crippen LogP contribution in [0, 0.1) is 17.7 Å². The fraction of sp³-hybridized carbons (Fsp3) is 0.462. The summed E-state index contributed by atoms with van der Waals surface area (Å²) < 4.78 is 42.9. The molecule has 1 aromatic heterocycles. The Balaban J connectivity index is 1.20. The Kier molecular flexibility index (Phi) is 5.39. The lowest BCUT2D eigenvalue weighted by atomic mass is 9.71. The third-order valence-corrected chi connectivity index (χ3v) is 11.2. The SMILES string of the molecule is O=C1CNC2(CCC(S(=O)(=O)c3ccc(-c4ccc5scnc5c4)cc3F)CC2)CC1C1CC1. The van der Waals surface area contributed by atoms with Crippen molar-refractivity contribution in [1.82, 2.24) is 10.3 Å². The lowest BCUT2D eigenvalue weighted by Crippen LogP contribution is -2.57. The normalized spacial score (nSPS) is 28.0. The highest BCUT2D eigenvalue weighted by Crippen LogP contribution is 2.47. The van der Waals surface area contributed by atoms with E-state index in [1.54, 1.807) is 22.9 Å². The molecule has 34 heavy (non-hydrogen) atoms. The van der Waals surface area contributed by atoms with E-state index in [4.69, 9.17) is 0 Å². The van der Waals surface area contributed by atoms with Crippen LogP contribution in [-0.4, -0.2) is 36.5 Å². The van der Waals surface area contributed by atoms with Gasteiger partial charge in [-0.3, -0.25) is 4.79 Å². The second-order valence-electron chi connectivity index (χ2n) is 10.2. The molecular weight excluding hydrogens is 471 g/mol. The van der Waals surface area contributed by atoms with Crippen LogP contribution in [0.25, 0.3) is 21.3 Å². The number of nitrogens with one attached hydrogen (secondary N) is 1. The molecule has 2 saturated carbocycles. The summed E-state index contributed by atoms with van der Waals surface area (Å²) in [5.41, 5.74) is 3.91. The number of halogens is 1. The molecule has 0 bridgehead atoms. The molecule has 1 spiro atoms. The number of sulfone groups is 1. The molecule has 5 nitrogen and oxygen atoms in total. The van der Waals surface area contributed by atoms with E-state index in [-0.39, 0.29) is 16.4 Å². The summed E-state index contributed by atoms with van der Waals surface area (Å²) in [6.45, 7) is 0.390. The summed E-state index contributed by atoms with van der Waals surface area (Å²) >= 11 is 1.54. The molecule has 178 valence electrons. The lowest BCUT2D eigenvalue weighted by molar-refractivity contribution is -0.126. The number of carbonyl (C=O) groups excluding carboxylic acids is 1. The molecule has 1 atom stereocenters. The number of nitrogens with zero attached hydrogens (tertiary/aromatic N) is 1. The van der Waals surface area contributed by atoms with E-state index in [0.717, 1.165) is 35.0 Å². The van der Waals surface area contributed by atoms with Crippen molar-refractivity contribution in [3.05, 3.63) is 47.7 Å². The minimum Gasteiger partial charge on any atom is -0.304 e. The van der Waals surface area contributed by atoms with Crippen LogP contribution in [0.15, 0.2) is 46.8 Å². The van der Waals surface area contributed by atoms with Crippen LogP contribution in [0.2, 0.25) is 0 Å². The molecule has 3 aliphatic rings. The summed E-state index contributed by atoms with van der Waals surface area (Å²) in [5, 5.41) is 2.84. The van der Waals surface area contributed by atoms with Gasteiger partial charge in [-0.15, -0.1) is 11.3 Å². The second kappa shape index (κ2) is 8.21. The average Bonchev–Trinajstić information content (AvgIpc) is 3.57. The van der Waals surface area contributed by atoms with Gasteiger partial charge in [0.2, 0.25) is 0 Å². The van der Waals surface area contributed by atoms with Crippen LogP contribution in [0.4, 0.5) is 4.39 Å². The zero-order chi connectivity index (χ0) is 23.5. The van der Waals surface area contributed by atoms with Gasteiger partial charge in [-0.1, -0.05) is 12.1 Å². The number of Topliss-reactive ketones (excluding diaryl/α,β-unsaturated/α-hetero) is 1. The van der Waals surface area contributed by atoms with E-state index in [0.29, 0.717) is 49.5 Å². The zero-order valence-corrected chi connectivity index (χ0v) is 20.4. The van der Waals surface area contributed by atoms with Gasteiger partial charge in [0.15, 0.2) is 9.84 Å². The Morgan fingerprint density at radius 2 is 1.76 bits per heavy atom. The molecule has 2 aromatic carbocycles. The predicted octanol–water partition coefficient (Wildman–Crippen LogP) is 5.15. The highest BCUT2D eigenvalue weighted by atomic mass is 32.2. The van der Waals surface area contributed by atoms with Crippen molar-refractivity contribution in [2.75, 3.05) is 6.54 Å². The number of ketones is 1. The third-order valence-electron chi connectivity index (χ3n) is 8.08. The standard InChI is InChI=1S/C26H27FN2O3S2/c27-21-11-17(18-3-5-24-22(12-18)28-15-33-24)4-6-25(21)34(31,32)19-7-9-26(10-8-19)13-20(16-1-2-16)23(30)14-29-26/h3-6,11-12,15-16,19-20,29H,1-2,7-10,13-14H2. The van der Waals surface area contributed by atoms with Crippen molar-refractivity contribution < 1.29 is 17.6 Å². The lowest BCUT2D eigenvalue weighted by Gasteiger charge is -2.45. The van der Waals surface area contributed by atoms with Crippen molar-refractivity contribution >= 4 is 37.2 Å². The van der Waals surface area contributed by atoms with E-state index in [9.17, 15) is 13.2 Å². The highest BCUT2D eigenvalue weighted by Gasteiger charge is 2.48. The largest absolute Gasteiger partial charge is 0.304 e. The number of fused-ring (bicyclic) bond motifs is 1. The number of rotatable bonds is 4. The minimum atomic E-state index is -3.78. The van der Waals surface area contributed by atoms with E-state index < -0.39 is 20.9 Å². The maximum atomic E-state index is 15.1. The van der Waals surface area contributed by atoms with Crippen LogP contribution in [0.3, 0.4) is 0 Å². The van der Waals surface area contributed by atoms with Gasteiger partial charge >= 0.3 is 0 Å². The maximum absolute atomic E-state index is 15.1. The molecule has 2 heterocycles. The van der Waals surface area contributed by atoms with Crippen LogP contribution < -0.4 is 5.32 Å². The molecule has 8 heteroatoms. The quantitative estimate of drug-likeness (QED) is 0.539. The Morgan fingerprint density at radius 1 is 1.03 bits per heavy atom. The van der Waals surface area contributed by atoms with Crippen LogP contribution in [0.5, 0.6) is 0 Å². The fourth-order valence-corrected chi connectivity index (χ4v) is 8.37. The Hall–Kier alpha value is -2.16. The summed E-state index contributed by atoms with van der Waals surface area (Å²) in [5.74, 6) is 0.255. The first-order chi connectivity index (χ1) is 16.3. The summed E-state index contributed by atoms with van der Waals surface area (Å²) in [6.07, 6.45) is 5.48. The molecule has 0 radical (unpaired) electrons. The van der Waals surface area contributed by atoms with E-state index in [1.165, 1.54) is 12.1 Å². The number of thiazole rings is 1. The summed E-state index contributed by atoms with van der Waals surface area (Å²) in [7, 11) is -3.78. The van der Waals surface area contributed by atoms with E-state index >= 15 is 4.39 Å². The van der Waals surface area contributed by atoms with E-state index in [2.05, 4.69) is 10.3 Å². The molecule has 1 saturated heterocycles. The topological polar surface area (TPSA) is 76.1 Å². The smallest absolute Gasteiger partial charge is 0.184 e. The Bertz CT molecular complexity index is 1370. The van der Waals surface area contributed by atoms with E-state index in [1.807, 2.05) is 18.2 Å². The number of piperidine rings is 1. The number of carbonyl (C=O) groups is 1. The first kappa shape index (κ1) is 22.3. The number of aromatic nitrogens is 1. The van der Waals surface area contributed by atoms with Crippen LogP contribution in [-0.2, 0) is 14.6 Å². The molecular formula is C26H27FN2O3S2. The van der Waals surface area contributed by atoms with Gasteiger partial charge in [-0.2, -0.15) is 0 Å². The molecule has 3 aromatic rings. The highest BCUT2D eigenvalue weighted by molar-refractivity contribution is 7.92. The van der Waals surface area contributed by atoms with Crippen LogP contribution >= 0.6 is 11.3 Å². The van der Waals surface area contributed by atoms with Gasteiger partial charge in [0.1, 0.15) is 16.5 Å². The minimum absolute atomic E-state index is 0.128. The molecule has 1 unspecified atom stereocenters. The number of hydrogen-bond donors (Lipinski definition) is 1. The molecule has 1 aliphatic heterocycles. The van der Waals surface area contributed by atoms with Crippen molar-refractivity contribution in [3.8, 4) is 11.1 Å². The summed E-state index contributed by atoms with van der Waals surface area (Å²) in [6, 6.07) is 10.2. The predicted molar refractivity (Wildman–Crippen MR) is 131 cm³/mol. The van der Waals surface area contributed by atoms with Crippen molar-refractivity contribution in [2.24, 2.45) is 11.8 Å². The monoisotopic (exact) mass is 498 g/mol. The summed E-state index contributed by atoms with van der Waals surface area (Å²) in [4.78, 5) is 16.4. The number of benzene rings is 2. The van der Waals surface area contributed by atoms with Crippen molar-refractivity contribution in [2.45, 2.75) is 60.6 Å². The molecule has 1 N–H and O–H groups in total. The van der Waals surface area contributed by atoms with Crippen LogP contribution in [0.1, 0.15) is 44.9 Å². The van der Waals surface area contributed by atoms with Gasteiger partial charge in [0.05, 0.1) is 27.5 Å². The molecule has 6 rings (SSSR count). The van der Waals surface area contributed by atoms with Gasteiger partial charge in [0.25, 0.3) is 0 Å². The van der Waals surface area contributed by atoms with Crippen molar-refractivity contribution in [1.29, 1.82) is 0 Å². The Labute approximate surface area is 202 Å². The van der Waals surface area contributed by atoms with Gasteiger partial charge in [-0.25, -0.2) is 17.8 Å². The molecule has 0 amide bonds.